The van der Waals surface area contributed by atoms with Crippen molar-refractivity contribution >= 4 is 17.8 Å². The molecule has 4 atom stereocenters. The van der Waals surface area contributed by atoms with Gasteiger partial charge in [0.2, 0.25) is 0 Å². The number of esters is 1. The van der Waals surface area contributed by atoms with Crippen LogP contribution < -0.4 is 39.1 Å². The lowest BCUT2D eigenvalue weighted by Gasteiger charge is -2.22. The van der Waals surface area contributed by atoms with Crippen LogP contribution in [0.5, 0.6) is 34.5 Å². The molecule has 4 fully saturated rings. The van der Waals surface area contributed by atoms with Gasteiger partial charge in [-0.3, -0.25) is 9.59 Å². The highest BCUT2D eigenvalue weighted by Gasteiger charge is 2.20. The topological polar surface area (TPSA) is 214 Å². The molecule has 0 aromatic heterocycles. The number of methoxy groups -OCH3 is 1. The van der Waals surface area contributed by atoms with Crippen molar-refractivity contribution in [2.24, 2.45) is 0 Å². The van der Waals surface area contributed by atoms with Gasteiger partial charge in [0.05, 0.1) is 52.3 Å². The van der Waals surface area contributed by atoms with Crippen LogP contribution in [0.15, 0.2) is 152 Å². The Kier molecular flexibility index (Phi) is 28.7. The van der Waals surface area contributed by atoms with Crippen LogP contribution in [0.1, 0.15) is 165 Å². The number of benzene rings is 7. The van der Waals surface area contributed by atoms with Crippen LogP contribution in [0.4, 0.5) is 0 Å². The maximum atomic E-state index is 13.9. The highest BCUT2D eigenvalue weighted by atomic mass is 16.7. The molecule has 4 unspecified atom stereocenters. The van der Waals surface area contributed by atoms with Crippen LogP contribution in [-0.2, 0) is 95.5 Å². The average molecular weight is 1370 g/mol. The molecule has 0 aliphatic carbocycles. The molecular weight excluding hydrogens is 1280 g/mol. The van der Waals surface area contributed by atoms with E-state index in [0.717, 1.165) is 148 Å². The molecule has 2 N–H and O–H groups in total. The maximum absolute atomic E-state index is 13.9. The lowest BCUT2D eigenvalue weighted by Crippen LogP contribution is -2.25. The van der Waals surface area contributed by atoms with Crippen molar-refractivity contribution in [2.45, 2.75) is 168 Å². The molecule has 100 heavy (non-hydrogen) atoms. The summed E-state index contributed by atoms with van der Waals surface area (Å²) in [5.74, 6) is 1.40. The van der Waals surface area contributed by atoms with Crippen LogP contribution >= 0.6 is 0 Å². The van der Waals surface area contributed by atoms with Gasteiger partial charge in [-0.05, 0) is 171 Å². The van der Waals surface area contributed by atoms with E-state index < -0.39 is 5.97 Å². The minimum atomic E-state index is -0.570. The molecule has 4 heterocycles. The van der Waals surface area contributed by atoms with Crippen LogP contribution in [0.2, 0.25) is 0 Å². The Balaban J connectivity index is 0.659. The van der Waals surface area contributed by atoms with Crippen molar-refractivity contribution in [3.63, 3.8) is 0 Å². The van der Waals surface area contributed by atoms with Crippen LogP contribution in [0.3, 0.4) is 0 Å². The monoisotopic (exact) mass is 1370 g/mol. The zero-order chi connectivity index (χ0) is 68.8. The molecule has 20 heteroatoms. The van der Waals surface area contributed by atoms with Gasteiger partial charge in [0.25, 0.3) is 11.8 Å². The standard InChI is InChI=1S/C80H94N2O18/c1-86-80(85)67-44-68(87-38-10-32-81-78(83)65-40-70(93-49-57-16-24-61(25-17-57)53-97-74-12-2-6-34-89-74)47-71(41-65)94-50-58-18-26-62(27-19-58)54-98-75-13-3-7-35-90-75)46-69(45-67)88-39-11-33-82-79(84)66-42-72(95-51-59-20-28-63(29-21-59)55-99-76-14-4-8-36-91-76)48-73(43-66)96-52-60-22-30-64(31-23-60)56-100-77-15-5-9-37-92-77/h16-31,40-48,74-77H,2-15,32-39,49-56H2,1H3,(H,81,83)(H,82,84). The molecule has 4 aliphatic rings. The van der Waals surface area contributed by atoms with Crippen molar-refractivity contribution < 1.29 is 85.4 Å². The van der Waals surface area contributed by atoms with Gasteiger partial charge < -0.3 is 81.7 Å². The lowest BCUT2D eigenvalue weighted by molar-refractivity contribution is -0.169. The molecule has 0 spiro atoms. The van der Waals surface area contributed by atoms with E-state index in [1.807, 2.05) is 97.1 Å². The van der Waals surface area contributed by atoms with E-state index in [4.69, 9.17) is 71.1 Å². The van der Waals surface area contributed by atoms with E-state index in [2.05, 4.69) is 10.6 Å². The Morgan fingerprint density at radius 1 is 0.330 bits per heavy atom. The number of carbonyl (C=O) groups excluding carboxylic acids is 3. The molecule has 4 aliphatic heterocycles. The first kappa shape index (κ1) is 72.7. The van der Waals surface area contributed by atoms with Gasteiger partial charge in [-0.25, -0.2) is 4.79 Å². The molecule has 0 radical (unpaired) electrons. The van der Waals surface area contributed by atoms with Gasteiger partial charge >= 0.3 is 5.97 Å². The van der Waals surface area contributed by atoms with E-state index in [0.29, 0.717) is 84.9 Å². The lowest BCUT2D eigenvalue weighted by atomic mass is 10.1. The summed E-state index contributed by atoms with van der Waals surface area (Å²) in [6.07, 6.45) is 12.4. The summed E-state index contributed by atoms with van der Waals surface area (Å²) in [7, 11) is 1.30. The first-order valence-electron chi connectivity index (χ1n) is 35.3. The van der Waals surface area contributed by atoms with Gasteiger partial charge in [-0.2, -0.15) is 0 Å². The number of carbonyl (C=O) groups is 3. The van der Waals surface area contributed by atoms with E-state index >= 15 is 0 Å². The Hall–Kier alpha value is -8.57. The molecule has 4 saturated heterocycles. The van der Waals surface area contributed by atoms with Crippen LogP contribution in [0.25, 0.3) is 0 Å². The third kappa shape index (κ3) is 24.4. The molecule has 532 valence electrons. The summed E-state index contributed by atoms with van der Waals surface area (Å²) in [5, 5.41) is 6.02. The fourth-order valence-electron chi connectivity index (χ4n) is 11.6. The maximum Gasteiger partial charge on any atom is 0.338 e. The Bertz CT molecular complexity index is 3220. The zero-order valence-corrected chi connectivity index (χ0v) is 57.3. The van der Waals surface area contributed by atoms with E-state index in [-0.39, 0.29) is 95.3 Å². The highest BCUT2D eigenvalue weighted by molar-refractivity contribution is 5.95. The Morgan fingerprint density at radius 3 is 0.830 bits per heavy atom. The summed E-state index contributed by atoms with van der Waals surface area (Å²) in [6.45, 7) is 6.72. The van der Waals surface area contributed by atoms with Crippen molar-refractivity contribution in [1.82, 2.24) is 10.6 Å². The average Bonchev–Trinajstić information content (AvgIpc) is 0.870. The predicted octanol–water partition coefficient (Wildman–Crippen LogP) is 14.4. The van der Waals surface area contributed by atoms with Crippen molar-refractivity contribution in [3.05, 3.63) is 213 Å². The number of rotatable bonds is 37. The van der Waals surface area contributed by atoms with Gasteiger partial charge in [0, 0.05) is 68.8 Å². The second-order valence-corrected chi connectivity index (χ2v) is 25.3. The smallest absolute Gasteiger partial charge is 0.338 e. The first-order valence-corrected chi connectivity index (χ1v) is 35.3. The number of nitrogens with one attached hydrogen (secondary N) is 2. The largest absolute Gasteiger partial charge is 0.493 e. The minimum Gasteiger partial charge on any atom is -0.493 e. The number of hydrogen-bond donors (Lipinski definition) is 2. The van der Waals surface area contributed by atoms with E-state index in [1.165, 1.54) is 7.11 Å². The number of hydrogen-bond acceptors (Lipinski definition) is 18. The molecule has 2 amide bonds. The van der Waals surface area contributed by atoms with Crippen molar-refractivity contribution in [2.75, 3.05) is 59.8 Å². The molecular formula is C80H94N2O18. The van der Waals surface area contributed by atoms with Gasteiger partial charge in [-0.15, -0.1) is 0 Å². The fraction of sp³-hybridized carbons (Fsp3) is 0.438. The molecule has 0 bridgehead atoms. The Morgan fingerprint density at radius 2 is 0.580 bits per heavy atom. The summed E-state index contributed by atoms with van der Waals surface area (Å²) in [5.41, 5.74) is 8.87. The molecule has 7 aromatic carbocycles. The minimum absolute atomic E-state index is 0.170. The summed E-state index contributed by atoms with van der Waals surface area (Å²) in [6, 6.07) is 47.4. The summed E-state index contributed by atoms with van der Waals surface area (Å²) in [4.78, 5) is 40.6. The number of ether oxygens (including phenoxy) is 15. The SMILES string of the molecule is COC(=O)c1cc(OCCCNC(=O)c2cc(OCc3ccc(COC4CCCCO4)cc3)cc(OCc3ccc(COC4CCCCO4)cc3)c2)cc(OCCCNC(=O)c2cc(OCc3ccc(COC4CCCCO4)cc3)cc(OCc3ccc(COC4CCCCO4)cc3)c2)c1. The van der Waals surface area contributed by atoms with Crippen LogP contribution in [0, 0.1) is 0 Å². The fourth-order valence-corrected chi connectivity index (χ4v) is 11.6. The molecule has 0 saturated carbocycles. The summed E-state index contributed by atoms with van der Waals surface area (Å²) < 4.78 is 89.4. The highest BCUT2D eigenvalue weighted by Crippen LogP contribution is 2.30. The molecule has 11 rings (SSSR count). The quantitative estimate of drug-likeness (QED) is 0.0274. The van der Waals surface area contributed by atoms with Gasteiger partial charge in [-0.1, -0.05) is 97.1 Å². The molecule has 7 aromatic rings. The predicted molar refractivity (Wildman–Crippen MR) is 372 cm³/mol. The molecule has 20 nitrogen and oxygen atoms in total. The van der Waals surface area contributed by atoms with Crippen molar-refractivity contribution in [3.8, 4) is 34.5 Å². The van der Waals surface area contributed by atoms with E-state index in [1.54, 1.807) is 54.6 Å². The third-order valence-electron chi connectivity index (χ3n) is 17.3. The summed E-state index contributed by atoms with van der Waals surface area (Å²) >= 11 is 0. The van der Waals surface area contributed by atoms with E-state index in [9.17, 15) is 14.4 Å². The number of amides is 2. The van der Waals surface area contributed by atoms with Crippen molar-refractivity contribution in [1.29, 1.82) is 0 Å². The third-order valence-corrected chi connectivity index (χ3v) is 17.3. The van der Waals surface area contributed by atoms with Gasteiger partial charge in [0.15, 0.2) is 25.2 Å². The second kappa shape index (κ2) is 39.4. The zero-order valence-electron chi connectivity index (χ0n) is 57.3. The van der Waals surface area contributed by atoms with Crippen LogP contribution in [-0.4, -0.2) is 103 Å². The normalized spacial score (nSPS) is 17.7. The first-order chi connectivity index (χ1) is 49.2. The van der Waals surface area contributed by atoms with Gasteiger partial charge in [0.1, 0.15) is 60.9 Å². The Labute approximate surface area is 586 Å². The second-order valence-electron chi connectivity index (χ2n) is 25.3.